The minimum absolute atomic E-state index is 0.174. The minimum Gasteiger partial charge on any atom is -0.394 e. The van der Waals surface area contributed by atoms with Gasteiger partial charge in [0, 0.05) is 12.6 Å². The van der Waals surface area contributed by atoms with Crippen molar-refractivity contribution >= 4 is 10.0 Å². The molecule has 0 aromatic heterocycles. The Morgan fingerprint density at radius 1 is 1.37 bits per heavy atom. The molecule has 0 saturated carbocycles. The first-order chi connectivity index (χ1) is 8.95. The molecule has 1 aliphatic rings. The van der Waals surface area contributed by atoms with Crippen molar-refractivity contribution in [1.29, 1.82) is 0 Å². The quantitative estimate of drug-likeness (QED) is 0.890. The van der Waals surface area contributed by atoms with E-state index in [4.69, 9.17) is 9.84 Å². The van der Waals surface area contributed by atoms with Gasteiger partial charge in [-0.05, 0) is 26.0 Å². The van der Waals surface area contributed by atoms with Crippen LogP contribution in [0.3, 0.4) is 0 Å². The van der Waals surface area contributed by atoms with Crippen LogP contribution in [0.15, 0.2) is 29.2 Å². The maximum Gasteiger partial charge on any atom is 0.243 e. The summed E-state index contributed by atoms with van der Waals surface area (Å²) >= 11 is 0. The molecule has 0 amide bonds. The lowest BCUT2D eigenvalue weighted by Crippen LogP contribution is -2.51. The van der Waals surface area contributed by atoms with Crippen LogP contribution in [0.1, 0.15) is 12.5 Å². The molecule has 1 aliphatic heterocycles. The van der Waals surface area contributed by atoms with E-state index in [1.165, 1.54) is 4.31 Å². The number of hydrogen-bond donors (Lipinski definition) is 1. The van der Waals surface area contributed by atoms with E-state index in [1.54, 1.807) is 31.2 Å². The Morgan fingerprint density at radius 2 is 2.00 bits per heavy atom. The van der Waals surface area contributed by atoms with Crippen molar-refractivity contribution in [2.75, 3.05) is 19.8 Å². The molecule has 6 heteroatoms. The standard InChI is InChI=1S/C13H19NO4S/c1-10-3-5-13(6-4-10)19(16,17)14-7-12(8-15)18-9-11(14)2/h3-6,11-12,15H,7-9H2,1-2H3. The fourth-order valence-corrected chi connectivity index (χ4v) is 3.73. The van der Waals surface area contributed by atoms with Gasteiger partial charge in [0.2, 0.25) is 10.0 Å². The Labute approximate surface area is 113 Å². The molecule has 1 saturated heterocycles. The molecule has 1 N–H and O–H groups in total. The summed E-state index contributed by atoms with van der Waals surface area (Å²) in [5, 5.41) is 9.12. The van der Waals surface area contributed by atoms with Gasteiger partial charge < -0.3 is 9.84 Å². The molecule has 0 spiro atoms. The maximum atomic E-state index is 12.6. The molecular weight excluding hydrogens is 266 g/mol. The molecule has 106 valence electrons. The van der Waals surface area contributed by atoms with Gasteiger partial charge in [-0.1, -0.05) is 17.7 Å². The number of aryl methyl sites for hydroxylation is 1. The summed E-state index contributed by atoms with van der Waals surface area (Å²) < 4.78 is 31.9. The van der Waals surface area contributed by atoms with Crippen molar-refractivity contribution in [3.63, 3.8) is 0 Å². The summed E-state index contributed by atoms with van der Waals surface area (Å²) in [7, 11) is -3.53. The van der Waals surface area contributed by atoms with E-state index in [9.17, 15) is 8.42 Å². The molecule has 5 nitrogen and oxygen atoms in total. The highest BCUT2D eigenvalue weighted by Gasteiger charge is 2.35. The lowest BCUT2D eigenvalue weighted by atomic mass is 10.2. The molecule has 2 unspecified atom stereocenters. The number of nitrogens with zero attached hydrogens (tertiary/aromatic N) is 1. The molecule has 0 radical (unpaired) electrons. The summed E-state index contributed by atoms with van der Waals surface area (Å²) in [6.07, 6.45) is -0.448. The van der Waals surface area contributed by atoms with Crippen LogP contribution in [0.5, 0.6) is 0 Å². The number of morpholine rings is 1. The molecule has 1 fully saturated rings. The zero-order valence-electron chi connectivity index (χ0n) is 11.1. The molecule has 1 heterocycles. The van der Waals surface area contributed by atoms with Crippen LogP contribution in [0, 0.1) is 6.92 Å². The fraction of sp³-hybridized carbons (Fsp3) is 0.538. The molecule has 0 aliphatic carbocycles. The van der Waals surface area contributed by atoms with Crippen molar-refractivity contribution in [2.45, 2.75) is 30.9 Å². The summed E-state index contributed by atoms with van der Waals surface area (Å²) in [6.45, 7) is 4.03. The van der Waals surface area contributed by atoms with Crippen molar-refractivity contribution in [2.24, 2.45) is 0 Å². The predicted octanol–water partition coefficient (Wildman–Crippen LogP) is 0.765. The summed E-state index contributed by atoms with van der Waals surface area (Å²) in [4.78, 5) is 0.281. The number of rotatable bonds is 3. The van der Waals surface area contributed by atoms with E-state index in [-0.39, 0.29) is 24.1 Å². The number of ether oxygens (including phenoxy) is 1. The number of aliphatic hydroxyl groups excluding tert-OH is 1. The fourth-order valence-electron chi connectivity index (χ4n) is 2.08. The van der Waals surface area contributed by atoms with Gasteiger partial charge in [-0.3, -0.25) is 0 Å². The molecule has 2 atom stereocenters. The Bertz CT molecular complexity index is 526. The molecule has 2 rings (SSSR count). The average molecular weight is 285 g/mol. The number of aliphatic hydroxyl groups is 1. The highest BCUT2D eigenvalue weighted by atomic mass is 32.2. The van der Waals surface area contributed by atoms with Crippen LogP contribution in [0.25, 0.3) is 0 Å². The number of benzene rings is 1. The number of hydrogen-bond acceptors (Lipinski definition) is 4. The van der Waals surface area contributed by atoms with Crippen LogP contribution < -0.4 is 0 Å². The van der Waals surface area contributed by atoms with Gasteiger partial charge in [0.05, 0.1) is 24.2 Å². The first-order valence-corrected chi connectivity index (χ1v) is 7.70. The van der Waals surface area contributed by atoms with Crippen LogP contribution in [0.2, 0.25) is 0 Å². The first-order valence-electron chi connectivity index (χ1n) is 6.26. The molecule has 0 bridgehead atoms. The molecular formula is C13H19NO4S. The lowest BCUT2D eigenvalue weighted by molar-refractivity contribution is -0.0516. The van der Waals surface area contributed by atoms with Crippen molar-refractivity contribution in [3.8, 4) is 0 Å². The summed E-state index contributed by atoms with van der Waals surface area (Å²) in [5.74, 6) is 0. The third kappa shape index (κ3) is 2.97. The molecule has 19 heavy (non-hydrogen) atoms. The Balaban J connectivity index is 2.29. The van der Waals surface area contributed by atoms with Crippen molar-refractivity contribution in [3.05, 3.63) is 29.8 Å². The minimum atomic E-state index is -3.53. The Morgan fingerprint density at radius 3 is 2.58 bits per heavy atom. The Kier molecular flexibility index (Phi) is 4.25. The predicted molar refractivity (Wildman–Crippen MR) is 71.4 cm³/mol. The van der Waals surface area contributed by atoms with E-state index in [2.05, 4.69) is 0 Å². The van der Waals surface area contributed by atoms with Crippen molar-refractivity contribution in [1.82, 2.24) is 4.31 Å². The molecule has 1 aromatic carbocycles. The average Bonchev–Trinajstić information content (AvgIpc) is 2.39. The van der Waals surface area contributed by atoms with E-state index >= 15 is 0 Å². The smallest absolute Gasteiger partial charge is 0.243 e. The Hall–Kier alpha value is -0.950. The van der Waals surface area contributed by atoms with Crippen LogP contribution in [0.4, 0.5) is 0 Å². The van der Waals surface area contributed by atoms with E-state index < -0.39 is 16.1 Å². The lowest BCUT2D eigenvalue weighted by Gasteiger charge is -2.36. The zero-order valence-corrected chi connectivity index (χ0v) is 11.9. The van der Waals surface area contributed by atoms with E-state index in [0.717, 1.165) is 5.56 Å². The van der Waals surface area contributed by atoms with Crippen LogP contribution in [-0.4, -0.2) is 49.7 Å². The van der Waals surface area contributed by atoms with Gasteiger partial charge in [-0.25, -0.2) is 8.42 Å². The van der Waals surface area contributed by atoms with Crippen LogP contribution >= 0.6 is 0 Å². The monoisotopic (exact) mass is 285 g/mol. The highest BCUT2D eigenvalue weighted by Crippen LogP contribution is 2.22. The van der Waals surface area contributed by atoms with Gasteiger partial charge in [0.1, 0.15) is 0 Å². The van der Waals surface area contributed by atoms with Gasteiger partial charge in [0.25, 0.3) is 0 Å². The second-order valence-corrected chi connectivity index (χ2v) is 6.77. The molecule has 1 aromatic rings. The van der Waals surface area contributed by atoms with Gasteiger partial charge in [-0.15, -0.1) is 0 Å². The third-order valence-corrected chi connectivity index (χ3v) is 5.27. The summed E-state index contributed by atoms with van der Waals surface area (Å²) in [5.41, 5.74) is 1.02. The topological polar surface area (TPSA) is 66.8 Å². The van der Waals surface area contributed by atoms with Gasteiger partial charge >= 0.3 is 0 Å². The first kappa shape index (κ1) is 14.5. The third-order valence-electron chi connectivity index (χ3n) is 3.28. The van der Waals surface area contributed by atoms with E-state index in [1.807, 2.05) is 6.92 Å². The zero-order chi connectivity index (χ0) is 14.0. The SMILES string of the molecule is Cc1ccc(S(=O)(=O)N2CC(CO)OCC2C)cc1. The number of sulfonamides is 1. The van der Waals surface area contributed by atoms with Crippen LogP contribution in [-0.2, 0) is 14.8 Å². The van der Waals surface area contributed by atoms with Gasteiger partial charge in [0.15, 0.2) is 0 Å². The second-order valence-electron chi connectivity index (χ2n) is 4.87. The van der Waals surface area contributed by atoms with Gasteiger partial charge in [-0.2, -0.15) is 4.31 Å². The normalized spacial score (nSPS) is 25.4. The second kappa shape index (κ2) is 5.58. The maximum absolute atomic E-state index is 12.6. The summed E-state index contributed by atoms with van der Waals surface area (Å²) in [6, 6.07) is 6.55. The van der Waals surface area contributed by atoms with Crippen molar-refractivity contribution < 1.29 is 18.3 Å². The van der Waals surface area contributed by atoms with E-state index in [0.29, 0.717) is 6.61 Å². The largest absolute Gasteiger partial charge is 0.394 e. The highest BCUT2D eigenvalue weighted by molar-refractivity contribution is 7.89.